The Hall–Kier alpha value is -0.830. The van der Waals surface area contributed by atoms with E-state index in [0.717, 1.165) is 24.7 Å². The summed E-state index contributed by atoms with van der Waals surface area (Å²) in [5, 5.41) is 3.40. The summed E-state index contributed by atoms with van der Waals surface area (Å²) >= 11 is 0. The van der Waals surface area contributed by atoms with Crippen molar-refractivity contribution in [3.8, 4) is 0 Å². The molecule has 0 spiro atoms. The van der Waals surface area contributed by atoms with Gasteiger partial charge in [-0.15, -0.1) is 0 Å². The van der Waals surface area contributed by atoms with Crippen LogP contribution in [-0.4, -0.2) is 16.0 Å². The number of nitrogens with zero attached hydrogens (tertiary/aromatic N) is 1. The zero-order chi connectivity index (χ0) is 11.5. The van der Waals surface area contributed by atoms with Crippen LogP contribution in [0.15, 0.2) is 0 Å². The second kappa shape index (κ2) is 5.00. The molecule has 0 saturated carbocycles. The molecular weight excluding hydrogens is 198 g/mol. The number of rotatable bonds is 4. The molecule has 0 amide bonds. The smallest absolute Gasteiger partial charge is 0.120 e. The average Bonchev–Trinajstić information content (AvgIpc) is 2.67. The van der Waals surface area contributed by atoms with E-state index in [1.807, 2.05) is 0 Å². The summed E-state index contributed by atoms with van der Waals surface area (Å²) in [4.78, 5) is 8.15. The van der Waals surface area contributed by atoms with E-state index in [0.29, 0.717) is 6.04 Å². The van der Waals surface area contributed by atoms with Gasteiger partial charge in [-0.05, 0) is 25.2 Å². The number of nitrogens with one attached hydrogen (secondary N) is 2. The number of hydrogen-bond donors (Lipinski definition) is 2. The van der Waals surface area contributed by atoms with Gasteiger partial charge in [0.1, 0.15) is 5.82 Å². The van der Waals surface area contributed by atoms with Gasteiger partial charge in [0.2, 0.25) is 0 Å². The van der Waals surface area contributed by atoms with Crippen molar-refractivity contribution in [3.63, 3.8) is 0 Å². The first-order valence-electron chi connectivity index (χ1n) is 6.49. The molecule has 90 valence electrons. The lowest BCUT2D eigenvalue weighted by molar-refractivity contribution is 0.438. The van der Waals surface area contributed by atoms with Gasteiger partial charge in [-0.2, -0.15) is 0 Å². The second-order valence-electron chi connectivity index (χ2n) is 5.16. The van der Waals surface area contributed by atoms with E-state index in [1.54, 1.807) is 0 Å². The molecule has 1 aromatic heterocycles. The predicted molar refractivity (Wildman–Crippen MR) is 66.4 cm³/mol. The normalized spacial score (nSPS) is 20.1. The maximum absolute atomic E-state index is 4.67. The Morgan fingerprint density at radius 3 is 3.00 bits per heavy atom. The molecule has 2 rings (SSSR count). The van der Waals surface area contributed by atoms with Crippen molar-refractivity contribution in [1.29, 1.82) is 0 Å². The lowest BCUT2D eigenvalue weighted by atomic mass is 9.88. The summed E-state index contributed by atoms with van der Waals surface area (Å²) in [5.74, 6) is 1.97. The lowest BCUT2D eigenvalue weighted by Gasteiger charge is -2.19. The first kappa shape index (κ1) is 11.6. The maximum atomic E-state index is 4.67. The topological polar surface area (TPSA) is 40.7 Å². The number of H-pyrrole nitrogens is 1. The van der Waals surface area contributed by atoms with Crippen LogP contribution < -0.4 is 5.32 Å². The number of aryl methyl sites for hydroxylation is 1. The van der Waals surface area contributed by atoms with E-state index in [2.05, 4.69) is 36.1 Å². The predicted octanol–water partition coefficient (Wildman–Crippen LogP) is 2.42. The van der Waals surface area contributed by atoms with Gasteiger partial charge in [0.25, 0.3) is 0 Å². The van der Waals surface area contributed by atoms with Gasteiger partial charge < -0.3 is 10.3 Å². The molecular formula is C13H23N3. The van der Waals surface area contributed by atoms with E-state index in [9.17, 15) is 0 Å². The van der Waals surface area contributed by atoms with Crippen LogP contribution in [0.4, 0.5) is 0 Å². The summed E-state index contributed by atoms with van der Waals surface area (Å²) in [5.41, 5.74) is 2.70. The fourth-order valence-corrected chi connectivity index (χ4v) is 2.34. The highest BCUT2D eigenvalue weighted by Gasteiger charge is 2.20. The molecule has 0 aromatic carbocycles. The highest BCUT2D eigenvalue weighted by atomic mass is 15.0. The van der Waals surface area contributed by atoms with Gasteiger partial charge in [-0.25, -0.2) is 4.98 Å². The molecule has 0 bridgehead atoms. The summed E-state index contributed by atoms with van der Waals surface area (Å²) < 4.78 is 0. The highest BCUT2D eigenvalue weighted by Crippen LogP contribution is 2.25. The molecule has 0 aliphatic heterocycles. The maximum Gasteiger partial charge on any atom is 0.120 e. The summed E-state index contributed by atoms with van der Waals surface area (Å²) in [6.45, 7) is 7.47. The van der Waals surface area contributed by atoms with Crippen molar-refractivity contribution in [2.45, 2.75) is 59.0 Å². The molecule has 1 aromatic rings. The third-order valence-electron chi connectivity index (χ3n) is 3.45. The summed E-state index contributed by atoms with van der Waals surface area (Å²) in [7, 11) is 0. The molecule has 16 heavy (non-hydrogen) atoms. The van der Waals surface area contributed by atoms with Crippen LogP contribution in [0.1, 0.15) is 50.8 Å². The van der Waals surface area contributed by atoms with Crippen molar-refractivity contribution in [2.75, 3.05) is 0 Å². The Morgan fingerprint density at radius 1 is 1.50 bits per heavy atom. The van der Waals surface area contributed by atoms with Crippen LogP contribution in [-0.2, 0) is 19.4 Å². The minimum Gasteiger partial charge on any atom is -0.345 e. The molecule has 0 saturated heterocycles. The Kier molecular flexibility index (Phi) is 3.64. The number of hydrogen-bond acceptors (Lipinski definition) is 2. The minimum absolute atomic E-state index is 0.519. The Labute approximate surface area is 98.1 Å². The summed E-state index contributed by atoms with van der Waals surface area (Å²) in [6, 6.07) is 0.519. The van der Waals surface area contributed by atoms with Gasteiger partial charge >= 0.3 is 0 Å². The van der Waals surface area contributed by atoms with Crippen molar-refractivity contribution >= 4 is 0 Å². The van der Waals surface area contributed by atoms with E-state index >= 15 is 0 Å². The van der Waals surface area contributed by atoms with Crippen molar-refractivity contribution in [1.82, 2.24) is 15.3 Å². The molecule has 3 heteroatoms. The Morgan fingerprint density at radius 2 is 2.31 bits per heavy atom. The minimum atomic E-state index is 0.519. The first-order valence-corrected chi connectivity index (χ1v) is 6.49. The zero-order valence-electron chi connectivity index (χ0n) is 10.6. The van der Waals surface area contributed by atoms with E-state index in [1.165, 1.54) is 30.7 Å². The third-order valence-corrected chi connectivity index (χ3v) is 3.45. The molecule has 2 N–H and O–H groups in total. The van der Waals surface area contributed by atoms with Crippen molar-refractivity contribution < 1.29 is 0 Å². The SMILES string of the molecule is CCC1CCc2nc(CNC(C)C)[nH]c2C1. The number of imidazole rings is 1. The number of fused-ring (bicyclic) bond motifs is 1. The first-order chi connectivity index (χ1) is 7.69. The fraction of sp³-hybridized carbons (Fsp3) is 0.769. The van der Waals surface area contributed by atoms with Gasteiger partial charge in [-0.3, -0.25) is 0 Å². The second-order valence-corrected chi connectivity index (χ2v) is 5.16. The molecule has 0 radical (unpaired) electrons. The zero-order valence-corrected chi connectivity index (χ0v) is 10.6. The van der Waals surface area contributed by atoms with Crippen LogP contribution in [0.3, 0.4) is 0 Å². The molecule has 3 nitrogen and oxygen atoms in total. The van der Waals surface area contributed by atoms with E-state index in [-0.39, 0.29) is 0 Å². The Balaban J connectivity index is 2.01. The Bertz CT molecular complexity index is 341. The lowest BCUT2D eigenvalue weighted by Crippen LogP contribution is -2.22. The van der Waals surface area contributed by atoms with E-state index in [4.69, 9.17) is 0 Å². The van der Waals surface area contributed by atoms with Crippen LogP contribution in [0, 0.1) is 5.92 Å². The number of aromatic nitrogens is 2. The van der Waals surface area contributed by atoms with Gasteiger partial charge in [-0.1, -0.05) is 27.2 Å². The monoisotopic (exact) mass is 221 g/mol. The van der Waals surface area contributed by atoms with Crippen molar-refractivity contribution in [2.24, 2.45) is 5.92 Å². The summed E-state index contributed by atoms with van der Waals surface area (Å²) in [6.07, 6.45) is 4.95. The molecule has 1 atom stereocenters. The van der Waals surface area contributed by atoms with Gasteiger partial charge in [0.15, 0.2) is 0 Å². The van der Waals surface area contributed by atoms with E-state index < -0.39 is 0 Å². The van der Waals surface area contributed by atoms with Crippen molar-refractivity contribution in [3.05, 3.63) is 17.2 Å². The van der Waals surface area contributed by atoms with Crippen LogP contribution in [0.2, 0.25) is 0 Å². The average molecular weight is 221 g/mol. The quantitative estimate of drug-likeness (QED) is 0.820. The number of aromatic amines is 1. The molecule has 1 aliphatic rings. The molecule has 0 fully saturated rings. The van der Waals surface area contributed by atoms with Gasteiger partial charge in [0, 0.05) is 11.7 Å². The molecule has 1 aliphatic carbocycles. The fourth-order valence-electron chi connectivity index (χ4n) is 2.34. The third kappa shape index (κ3) is 2.64. The van der Waals surface area contributed by atoms with Crippen LogP contribution in [0.5, 0.6) is 0 Å². The molecule has 1 unspecified atom stereocenters. The highest BCUT2D eigenvalue weighted by molar-refractivity contribution is 5.18. The molecule has 1 heterocycles. The van der Waals surface area contributed by atoms with Crippen LogP contribution in [0.25, 0.3) is 0 Å². The van der Waals surface area contributed by atoms with Crippen LogP contribution >= 0.6 is 0 Å². The standard InChI is InChI=1S/C13H23N3/c1-4-10-5-6-11-12(7-10)16-13(15-11)8-14-9(2)3/h9-10,14H,4-8H2,1-3H3,(H,15,16). The van der Waals surface area contributed by atoms with Gasteiger partial charge in [0.05, 0.1) is 12.2 Å². The largest absolute Gasteiger partial charge is 0.345 e.